The van der Waals surface area contributed by atoms with Crippen LogP contribution in [0, 0.1) is 0 Å². The Morgan fingerprint density at radius 2 is 1.80 bits per heavy atom. The summed E-state index contributed by atoms with van der Waals surface area (Å²) in [4.78, 5) is 11.9. The normalized spacial score (nSPS) is 12.0. The Morgan fingerprint density at radius 3 is 2.48 bits per heavy atom. The van der Waals surface area contributed by atoms with Gasteiger partial charge in [0, 0.05) is 0 Å². The third-order valence-electron chi connectivity index (χ3n) is 3.32. The molecule has 25 heavy (non-hydrogen) atoms. The number of aliphatic hydroxyl groups excluding tert-OH is 1. The van der Waals surface area contributed by atoms with Crippen molar-refractivity contribution >= 4 is 12.1 Å². The maximum absolute atomic E-state index is 11.9. The van der Waals surface area contributed by atoms with Crippen LogP contribution in [0.4, 0.5) is 0 Å². The summed E-state index contributed by atoms with van der Waals surface area (Å²) in [5, 5.41) is 13.9. The van der Waals surface area contributed by atoms with Gasteiger partial charge in [0.2, 0.25) is 0 Å². The van der Waals surface area contributed by atoms with Crippen LogP contribution < -0.4 is 14.9 Å². The average Bonchev–Trinajstić information content (AvgIpc) is 2.64. The number of nitrogens with one attached hydrogen (secondary N) is 1. The van der Waals surface area contributed by atoms with Crippen molar-refractivity contribution in [3.05, 3.63) is 59.7 Å². The molecule has 0 heterocycles. The molecule has 1 atom stereocenters. The van der Waals surface area contributed by atoms with Gasteiger partial charge in [0.15, 0.2) is 17.6 Å². The summed E-state index contributed by atoms with van der Waals surface area (Å²) < 4.78 is 11.0. The smallest absolute Gasteiger partial charge is 0.273 e. The van der Waals surface area contributed by atoms with Crippen LogP contribution in [0.25, 0.3) is 0 Å². The largest absolute Gasteiger partial charge is 0.490 e. The third-order valence-corrected chi connectivity index (χ3v) is 3.32. The number of carbonyl (C=O) groups is 1. The van der Waals surface area contributed by atoms with Crippen LogP contribution in [-0.2, 0) is 4.79 Å². The molecule has 0 aliphatic carbocycles. The second-order valence-corrected chi connectivity index (χ2v) is 5.12. The van der Waals surface area contributed by atoms with Gasteiger partial charge in [-0.05, 0) is 43.2 Å². The van der Waals surface area contributed by atoms with Crippen LogP contribution in [0.2, 0.25) is 0 Å². The van der Waals surface area contributed by atoms with E-state index in [2.05, 4.69) is 10.5 Å². The monoisotopic (exact) mass is 342 g/mol. The minimum Gasteiger partial charge on any atom is -0.490 e. The van der Waals surface area contributed by atoms with Crippen LogP contribution in [-0.4, -0.2) is 30.4 Å². The zero-order valence-corrected chi connectivity index (χ0v) is 14.3. The van der Waals surface area contributed by atoms with Crippen molar-refractivity contribution in [2.45, 2.75) is 20.0 Å². The highest BCUT2D eigenvalue weighted by molar-refractivity contribution is 5.85. The Labute approximate surface area is 147 Å². The lowest BCUT2D eigenvalue weighted by molar-refractivity contribution is -0.129. The summed E-state index contributed by atoms with van der Waals surface area (Å²) in [5.74, 6) is 0.674. The zero-order valence-electron chi connectivity index (χ0n) is 14.3. The number of carbonyl (C=O) groups excluding carboxylic acids is 1. The summed E-state index contributed by atoms with van der Waals surface area (Å²) in [7, 11) is 0. The van der Waals surface area contributed by atoms with Crippen LogP contribution in [0.3, 0.4) is 0 Å². The topological polar surface area (TPSA) is 80.2 Å². The van der Waals surface area contributed by atoms with Gasteiger partial charge in [0.05, 0.1) is 19.4 Å². The van der Waals surface area contributed by atoms with Gasteiger partial charge in [-0.15, -0.1) is 0 Å². The van der Waals surface area contributed by atoms with Crippen molar-refractivity contribution in [2.75, 3.05) is 13.2 Å². The molecule has 2 aromatic carbocycles. The molecule has 0 spiro atoms. The fourth-order valence-electron chi connectivity index (χ4n) is 2.17. The number of benzene rings is 2. The van der Waals surface area contributed by atoms with Crippen molar-refractivity contribution in [1.82, 2.24) is 5.43 Å². The number of hydrazone groups is 1. The quantitative estimate of drug-likeness (QED) is 0.571. The molecule has 0 radical (unpaired) electrons. The van der Waals surface area contributed by atoms with E-state index in [-0.39, 0.29) is 0 Å². The first kappa shape index (κ1) is 18.5. The van der Waals surface area contributed by atoms with Crippen LogP contribution in [0.5, 0.6) is 11.5 Å². The van der Waals surface area contributed by atoms with Crippen LogP contribution in [0.15, 0.2) is 53.6 Å². The van der Waals surface area contributed by atoms with Gasteiger partial charge in [0.1, 0.15) is 0 Å². The number of hydrogen-bond donors (Lipinski definition) is 2. The highest BCUT2D eigenvalue weighted by atomic mass is 16.5. The molecule has 132 valence electrons. The van der Waals surface area contributed by atoms with E-state index in [0.29, 0.717) is 30.3 Å². The van der Waals surface area contributed by atoms with E-state index >= 15 is 0 Å². The fraction of sp³-hybridized carbons (Fsp3) is 0.263. The lowest BCUT2D eigenvalue weighted by atomic mass is 10.1. The highest BCUT2D eigenvalue weighted by Crippen LogP contribution is 2.27. The molecule has 2 aromatic rings. The van der Waals surface area contributed by atoms with E-state index < -0.39 is 12.0 Å². The predicted octanol–water partition coefficient (Wildman–Crippen LogP) is 2.67. The Balaban J connectivity index is 2.01. The Hall–Kier alpha value is -2.86. The molecule has 0 fully saturated rings. The SMILES string of the molecule is CCOc1ccc(/C=N\NC(=O)[C@@H](O)c2ccccc2)cc1OCC. The van der Waals surface area contributed by atoms with Crippen molar-refractivity contribution < 1.29 is 19.4 Å². The summed E-state index contributed by atoms with van der Waals surface area (Å²) in [6.07, 6.45) is 0.214. The van der Waals surface area contributed by atoms with E-state index in [1.165, 1.54) is 6.21 Å². The third kappa shape index (κ3) is 5.32. The van der Waals surface area contributed by atoms with Gasteiger partial charge >= 0.3 is 0 Å². The minimum absolute atomic E-state index is 0.509. The molecule has 2 rings (SSSR count). The molecule has 6 heteroatoms. The fourth-order valence-corrected chi connectivity index (χ4v) is 2.17. The number of nitrogens with zero attached hydrogens (tertiary/aromatic N) is 1. The molecule has 0 aliphatic rings. The molecule has 6 nitrogen and oxygen atoms in total. The minimum atomic E-state index is -1.27. The molecule has 2 N–H and O–H groups in total. The lowest BCUT2D eigenvalue weighted by Gasteiger charge is -2.11. The Kier molecular flexibility index (Phi) is 6.98. The maximum Gasteiger partial charge on any atom is 0.273 e. The van der Waals surface area contributed by atoms with Gasteiger partial charge in [-0.25, -0.2) is 5.43 Å². The highest BCUT2D eigenvalue weighted by Gasteiger charge is 2.16. The first-order chi connectivity index (χ1) is 12.2. The Morgan fingerprint density at radius 1 is 1.12 bits per heavy atom. The maximum atomic E-state index is 11.9. The number of rotatable bonds is 8. The molecule has 0 saturated carbocycles. The summed E-state index contributed by atoms with van der Waals surface area (Å²) in [5.41, 5.74) is 3.58. The van der Waals surface area contributed by atoms with Gasteiger partial charge in [-0.2, -0.15) is 5.10 Å². The van der Waals surface area contributed by atoms with E-state index in [4.69, 9.17) is 9.47 Å². The molecular formula is C19H22N2O4. The first-order valence-corrected chi connectivity index (χ1v) is 8.11. The first-order valence-electron chi connectivity index (χ1n) is 8.11. The van der Waals surface area contributed by atoms with E-state index in [0.717, 1.165) is 5.56 Å². The molecule has 0 unspecified atom stereocenters. The second-order valence-electron chi connectivity index (χ2n) is 5.12. The van der Waals surface area contributed by atoms with Crippen LogP contribution >= 0.6 is 0 Å². The number of ether oxygens (including phenoxy) is 2. The number of amides is 1. The average molecular weight is 342 g/mol. The van der Waals surface area contributed by atoms with Crippen LogP contribution in [0.1, 0.15) is 31.1 Å². The van der Waals surface area contributed by atoms with Gasteiger partial charge in [0.25, 0.3) is 5.91 Å². The summed E-state index contributed by atoms with van der Waals surface area (Å²) >= 11 is 0. The second kappa shape index (κ2) is 9.44. The molecular weight excluding hydrogens is 320 g/mol. The van der Waals surface area contributed by atoms with Crippen molar-refractivity contribution in [3.8, 4) is 11.5 Å². The summed E-state index contributed by atoms with van der Waals surface area (Å²) in [6.45, 7) is 4.85. The van der Waals surface area contributed by atoms with Gasteiger partial charge in [-0.3, -0.25) is 4.79 Å². The van der Waals surface area contributed by atoms with Crippen molar-refractivity contribution in [3.63, 3.8) is 0 Å². The van der Waals surface area contributed by atoms with Gasteiger partial charge in [-0.1, -0.05) is 30.3 Å². The number of aliphatic hydroxyl groups is 1. The van der Waals surface area contributed by atoms with E-state index in [1.54, 1.807) is 42.5 Å². The predicted molar refractivity (Wildman–Crippen MR) is 95.9 cm³/mol. The molecule has 0 aliphatic heterocycles. The molecule has 0 bridgehead atoms. The standard InChI is InChI=1S/C19H22N2O4/c1-3-24-16-11-10-14(12-17(16)25-4-2)13-20-21-19(23)18(22)15-8-6-5-7-9-15/h5-13,18,22H,3-4H2,1-2H3,(H,21,23)/b20-13-/t18-/m0/s1. The lowest BCUT2D eigenvalue weighted by Crippen LogP contribution is -2.25. The zero-order chi connectivity index (χ0) is 18.1. The molecule has 1 amide bonds. The van der Waals surface area contributed by atoms with Crippen molar-refractivity contribution in [2.24, 2.45) is 5.10 Å². The number of hydrogen-bond acceptors (Lipinski definition) is 5. The summed E-state index contributed by atoms with van der Waals surface area (Å²) in [6, 6.07) is 14.0. The van der Waals surface area contributed by atoms with Gasteiger partial charge < -0.3 is 14.6 Å². The molecule has 0 saturated heterocycles. The van der Waals surface area contributed by atoms with E-state index in [1.807, 2.05) is 19.9 Å². The Bertz CT molecular complexity index is 717. The molecule has 0 aromatic heterocycles. The van der Waals surface area contributed by atoms with E-state index in [9.17, 15) is 9.90 Å². The van der Waals surface area contributed by atoms with Crippen molar-refractivity contribution in [1.29, 1.82) is 0 Å².